The molecular weight excluding hydrogens is 458 g/mol. The molecule has 5 nitrogen and oxygen atoms in total. The summed E-state index contributed by atoms with van der Waals surface area (Å²) in [5, 5.41) is 0. The Bertz CT molecular complexity index is 1470. The van der Waals surface area contributed by atoms with Crippen molar-refractivity contribution < 1.29 is 13.6 Å². The topological polar surface area (TPSA) is 81.2 Å². The number of aliphatic imine (C=N–C) groups is 1. The average Bonchev–Trinajstić information content (AvgIpc) is 3.61. The van der Waals surface area contributed by atoms with Crippen LogP contribution in [-0.4, -0.2) is 16.0 Å². The van der Waals surface area contributed by atoms with Gasteiger partial charge in [0.1, 0.15) is 11.6 Å². The highest BCUT2D eigenvalue weighted by atomic mass is 19.1. The lowest BCUT2D eigenvalue weighted by atomic mass is 9.98. The van der Waals surface area contributed by atoms with Gasteiger partial charge in [-0.05, 0) is 108 Å². The van der Waals surface area contributed by atoms with Crippen LogP contribution in [0.2, 0.25) is 0 Å². The molecule has 0 fully saturated rings. The highest BCUT2D eigenvalue weighted by molar-refractivity contribution is 5.81. The molecule has 6 rings (SSSR count). The Morgan fingerprint density at radius 1 is 0.722 bits per heavy atom. The molecule has 0 spiro atoms. The van der Waals surface area contributed by atoms with Crippen LogP contribution in [0.4, 0.5) is 20.2 Å². The second-order valence-corrected chi connectivity index (χ2v) is 8.87. The van der Waals surface area contributed by atoms with E-state index in [0.29, 0.717) is 23.2 Å². The van der Waals surface area contributed by atoms with Gasteiger partial charge in [-0.25, -0.2) is 13.6 Å². The Kier molecular flexibility index (Phi) is 6.65. The molecule has 2 aromatic heterocycles. The number of carbonyl (C=O) groups excluding carboxylic acids is 1. The lowest BCUT2D eigenvalue weighted by Gasteiger charge is -2.11. The van der Waals surface area contributed by atoms with Gasteiger partial charge in [-0.1, -0.05) is 0 Å². The molecule has 2 aliphatic carbocycles. The molecule has 0 unspecified atom stereocenters. The molecule has 7 heteroatoms. The van der Waals surface area contributed by atoms with Crippen LogP contribution >= 0.6 is 0 Å². The summed E-state index contributed by atoms with van der Waals surface area (Å²) in [6, 6.07) is 10.3. The molecule has 2 aromatic carbocycles. The number of halogens is 2. The monoisotopic (exact) mass is 482 g/mol. The SMILES string of the molecule is Nc1c(-c2ccncc2)cc(F)c2c1CCC2.O=C=Nc1c(-c2ccncc2)cc(F)c2c1CCC2. The molecule has 2 N–H and O–H groups in total. The van der Waals surface area contributed by atoms with Crippen LogP contribution in [0.15, 0.2) is 66.2 Å². The van der Waals surface area contributed by atoms with Crippen molar-refractivity contribution in [3.05, 3.63) is 95.1 Å². The minimum absolute atomic E-state index is 0.126. The minimum Gasteiger partial charge on any atom is -0.398 e. The van der Waals surface area contributed by atoms with Gasteiger partial charge in [0, 0.05) is 41.6 Å². The number of nitrogens with two attached hydrogens (primary N) is 1. The Hall–Kier alpha value is -4.22. The van der Waals surface area contributed by atoms with Crippen LogP contribution < -0.4 is 5.73 Å². The fraction of sp³-hybridized carbons (Fsp3) is 0.207. The first-order valence-electron chi connectivity index (χ1n) is 11.9. The van der Waals surface area contributed by atoms with Gasteiger partial charge in [-0.2, -0.15) is 4.99 Å². The number of benzene rings is 2. The lowest BCUT2D eigenvalue weighted by molar-refractivity contribution is 0.565. The van der Waals surface area contributed by atoms with Gasteiger partial charge >= 0.3 is 0 Å². The van der Waals surface area contributed by atoms with Crippen LogP contribution in [-0.2, 0) is 30.5 Å². The Balaban J connectivity index is 0.000000149. The Morgan fingerprint density at radius 2 is 1.19 bits per heavy atom. The van der Waals surface area contributed by atoms with Crippen molar-refractivity contribution in [1.82, 2.24) is 9.97 Å². The molecular formula is C29H24F2N4O. The maximum absolute atomic E-state index is 14.1. The predicted molar refractivity (Wildman–Crippen MR) is 136 cm³/mol. The largest absolute Gasteiger partial charge is 0.398 e. The zero-order valence-corrected chi connectivity index (χ0v) is 19.6. The molecule has 0 aliphatic heterocycles. The number of isocyanates is 1. The predicted octanol–water partition coefficient (Wildman–Crippen LogP) is 6.30. The van der Waals surface area contributed by atoms with Crippen molar-refractivity contribution in [2.75, 3.05) is 5.73 Å². The van der Waals surface area contributed by atoms with Gasteiger partial charge < -0.3 is 5.73 Å². The summed E-state index contributed by atoms with van der Waals surface area (Å²) < 4.78 is 28.0. The molecule has 2 heterocycles. The van der Waals surface area contributed by atoms with Gasteiger partial charge in [-0.15, -0.1) is 0 Å². The molecule has 180 valence electrons. The molecule has 0 saturated carbocycles. The van der Waals surface area contributed by atoms with E-state index in [9.17, 15) is 13.6 Å². The summed E-state index contributed by atoms with van der Waals surface area (Å²) in [5.74, 6) is -0.345. The summed E-state index contributed by atoms with van der Waals surface area (Å²) in [5.41, 5.74) is 13.9. The fourth-order valence-electron chi connectivity index (χ4n) is 5.17. The molecule has 0 saturated heterocycles. The number of nitrogens with zero attached hydrogens (tertiary/aromatic N) is 3. The van der Waals surface area contributed by atoms with Gasteiger partial charge in [0.25, 0.3) is 0 Å². The van der Waals surface area contributed by atoms with Crippen LogP contribution in [0, 0.1) is 11.6 Å². The summed E-state index contributed by atoms with van der Waals surface area (Å²) in [6.07, 6.45) is 13.3. The highest BCUT2D eigenvalue weighted by Gasteiger charge is 2.23. The van der Waals surface area contributed by atoms with E-state index < -0.39 is 0 Å². The number of anilines is 1. The van der Waals surface area contributed by atoms with E-state index in [4.69, 9.17) is 5.73 Å². The van der Waals surface area contributed by atoms with Crippen LogP contribution in [0.25, 0.3) is 22.3 Å². The summed E-state index contributed by atoms with van der Waals surface area (Å²) in [4.78, 5) is 22.3. The van der Waals surface area contributed by atoms with Gasteiger partial charge in [0.05, 0.1) is 5.69 Å². The summed E-state index contributed by atoms with van der Waals surface area (Å²) in [6.45, 7) is 0. The third-order valence-electron chi connectivity index (χ3n) is 6.85. The number of pyridine rings is 2. The number of aromatic nitrogens is 2. The van der Waals surface area contributed by atoms with Gasteiger partial charge in [0.15, 0.2) is 0 Å². The molecule has 0 atom stereocenters. The van der Waals surface area contributed by atoms with E-state index in [0.717, 1.165) is 71.2 Å². The number of fused-ring (bicyclic) bond motifs is 2. The maximum atomic E-state index is 14.1. The van der Waals surface area contributed by atoms with Crippen molar-refractivity contribution in [3.8, 4) is 22.3 Å². The second kappa shape index (κ2) is 10.2. The number of hydrogen-bond acceptors (Lipinski definition) is 5. The zero-order chi connectivity index (χ0) is 25.1. The van der Waals surface area contributed by atoms with E-state index in [-0.39, 0.29) is 11.6 Å². The fourth-order valence-corrected chi connectivity index (χ4v) is 5.17. The molecule has 0 amide bonds. The molecule has 36 heavy (non-hydrogen) atoms. The van der Waals surface area contributed by atoms with Gasteiger partial charge in [0.2, 0.25) is 6.08 Å². The van der Waals surface area contributed by atoms with Crippen molar-refractivity contribution >= 4 is 17.5 Å². The quantitative estimate of drug-likeness (QED) is 0.211. The second-order valence-electron chi connectivity index (χ2n) is 8.87. The first kappa shape index (κ1) is 23.5. The Morgan fingerprint density at radius 3 is 1.78 bits per heavy atom. The molecule has 2 aliphatic rings. The maximum Gasteiger partial charge on any atom is 0.240 e. The van der Waals surface area contributed by atoms with Crippen molar-refractivity contribution in [3.63, 3.8) is 0 Å². The first-order chi connectivity index (χ1) is 17.6. The highest BCUT2D eigenvalue weighted by Crippen LogP contribution is 2.40. The van der Waals surface area contributed by atoms with Crippen molar-refractivity contribution in [2.45, 2.75) is 38.5 Å². The van der Waals surface area contributed by atoms with Crippen LogP contribution in [0.1, 0.15) is 35.1 Å². The van der Waals surface area contributed by atoms with E-state index in [1.165, 1.54) is 6.07 Å². The Labute approximate surface area is 207 Å². The zero-order valence-electron chi connectivity index (χ0n) is 19.6. The van der Waals surface area contributed by atoms with Crippen LogP contribution in [0.5, 0.6) is 0 Å². The first-order valence-corrected chi connectivity index (χ1v) is 11.9. The van der Waals surface area contributed by atoms with E-state index in [1.54, 1.807) is 49.1 Å². The van der Waals surface area contributed by atoms with E-state index in [1.807, 2.05) is 12.1 Å². The standard InChI is InChI=1S/C15H11FN2O.C14H13FN2/c16-14-8-13(10-4-6-17-7-5-10)15(18-9-19)12-3-1-2-11(12)14;15-13-8-12(9-4-6-17-7-5-9)14(16)11-3-1-2-10(11)13/h4-8H,1-3H2;4-8H,1-3,16H2. The molecule has 4 aromatic rings. The normalized spacial score (nSPS) is 13.3. The van der Waals surface area contributed by atoms with Crippen molar-refractivity contribution in [2.24, 2.45) is 4.99 Å². The van der Waals surface area contributed by atoms with Crippen molar-refractivity contribution in [1.29, 1.82) is 0 Å². The summed E-state index contributed by atoms with van der Waals surface area (Å²) in [7, 11) is 0. The molecule has 0 bridgehead atoms. The lowest BCUT2D eigenvalue weighted by Crippen LogP contribution is -2.00. The van der Waals surface area contributed by atoms with E-state index >= 15 is 0 Å². The number of nitrogen functional groups attached to an aromatic ring is 1. The smallest absolute Gasteiger partial charge is 0.240 e. The van der Waals surface area contributed by atoms with E-state index in [2.05, 4.69) is 15.0 Å². The average molecular weight is 483 g/mol. The third kappa shape index (κ3) is 4.41. The minimum atomic E-state index is -0.218. The third-order valence-corrected chi connectivity index (χ3v) is 6.85. The number of rotatable bonds is 3. The number of hydrogen-bond donors (Lipinski definition) is 1. The van der Waals surface area contributed by atoms with Gasteiger partial charge in [-0.3, -0.25) is 9.97 Å². The summed E-state index contributed by atoms with van der Waals surface area (Å²) >= 11 is 0. The molecule has 0 radical (unpaired) electrons. The van der Waals surface area contributed by atoms with Crippen LogP contribution in [0.3, 0.4) is 0 Å².